The first-order valence-electron chi connectivity index (χ1n) is 7.92. The maximum Gasteiger partial charge on any atom is 0.276 e. The average molecular weight is 377 g/mol. The number of thiophene rings is 1. The number of thiazole rings is 1. The number of nitrogens with one attached hydrogen (secondary N) is 1. The molecule has 0 bridgehead atoms. The molecule has 1 amide bonds. The van der Waals surface area contributed by atoms with Gasteiger partial charge in [-0.15, -0.1) is 21.5 Å². The molecule has 0 spiro atoms. The summed E-state index contributed by atoms with van der Waals surface area (Å²) in [6.45, 7) is 0. The van der Waals surface area contributed by atoms with Gasteiger partial charge >= 0.3 is 0 Å². The molecule has 0 aliphatic heterocycles. The molecule has 8 heteroatoms. The Morgan fingerprint density at radius 3 is 2.83 bits per heavy atom. The summed E-state index contributed by atoms with van der Waals surface area (Å²) in [5.41, 5.74) is 1.48. The van der Waals surface area contributed by atoms with E-state index in [1.807, 2.05) is 16.8 Å². The quantitative estimate of drug-likeness (QED) is 0.694. The van der Waals surface area contributed by atoms with Crippen LogP contribution < -0.4 is 5.32 Å². The predicted octanol–water partition coefficient (Wildman–Crippen LogP) is 5.02. The zero-order chi connectivity index (χ0) is 16.4. The second-order valence-electron chi connectivity index (χ2n) is 5.78. The summed E-state index contributed by atoms with van der Waals surface area (Å²) in [5.74, 6) is 0.283. The van der Waals surface area contributed by atoms with Gasteiger partial charge in [0.25, 0.3) is 5.91 Å². The Morgan fingerprint density at radius 1 is 1.17 bits per heavy atom. The van der Waals surface area contributed by atoms with Crippen molar-refractivity contribution in [2.24, 2.45) is 0 Å². The molecule has 1 saturated carbocycles. The van der Waals surface area contributed by atoms with Gasteiger partial charge in [-0.05, 0) is 24.3 Å². The average Bonchev–Trinajstić information content (AvgIpc) is 3.36. The maximum atomic E-state index is 12.4. The third-order valence-electron chi connectivity index (χ3n) is 4.12. The number of carbonyl (C=O) groups is 1. The Balaban J connectivity index is 1.43. The second kappa shape index (κ2) is 7.08. The highest BCUT2D eigenvalue weighted by molar-refractivity contribution is 7.15. The van der Waals surface area contributed by atoms with Gasteiger partial charge in [0, 0.05) is 22.2 Å². The van der Waals surface area contributed by atoms with Gasteiger partial charge < -0.3 is 0 Å². The lowest BCUT2D eigenvalue weighted by Gasteiger charge is -2.18. The van der Waals surface area contributed by atoms with E-state index in [0.29, 0.717) is 16.7 Å². The van der Waals surface area contributed by atoms with Crippen LogP contribution in [0.2, 0.25) is 0 Å². The molecule has 1 fully saturated rings. The zero-order valence-electron chi connectivity index (χ0n) is 12.9. The van der Waals surface area contributed by atoms with Crippen molar-refractivity contribution in [1.29, 1.82) is 0 Å². The molecular formula is C16H16N4OS3. The molecule has 1 aliphatic carbocycles. The van der Waals surface area contributed by atoms with Crippen molar-refractivity contribution in [3.63, 3.8) is 0 Å². The molecule has 0 atom stereocenters. The molecule has 3 aromatic heterocycles. The maximum absolute atomic E-state index is 12.4. The van der Waals surface area contributed by atoms with Crippen molar-refractivity contribution < 1.29 is 4.79 Å². The third kappa shape index (κ3) is 3.40. The molecular weight excluding hydrogens is 360 g/mol. The number of hydrogen-bond donors (Lipinski definition) is 1. The molecule has 0 radical (unpaired) electrons. The van der Waals surface area contributed by atoms with E-state index >= 15 is 0 Å². The molecule has 0 saturated heterocycles. The fourth-order valence-electron chi connectivity index (χ4n) is 2.86. The molecule has 1 N–H and O–H groups in total. The molecule has 24 heavy (non-hydrogen) atoms. The first-order chi connectivity index (χ1) is 11.8. The third-order valence-corrected chi connectivity index (χ3v) is 6.70. The highest BCUT2D eigenvalue weighted by Crippen LogP contribution is 2.35. The topological polar surface area (TPSA) is 67.8 Å². The number of nitrogens with zero attached hydrogens (tertiary/aromatic N) is 3. The molecule has 3 heterocycles. The van der Waals surface area contributed by atoms with Gasteiger partial charge in [0.2, 0.25) is 5.13 Å². The van der Waals surface area contributed by atoms with Crippen LogP contribution in [0, 0.1) is 0 Å². The minimum absolute atomic E-state index is 0.223. The van der Waals surface area contributed by atoms with Crippen molar-refractivity contribution in [2.45, 2.75) is 38.0 Å². The summed E-state index contributed by atoms with van der Waals surface area (Å²) in [5, 5.41) is 19.5. The molecule has 0 aromatic carbocycles. The number of carbonyl (C=O) groups excluding carboxylic acids is 1. The van der Waals surface area contributed by atoms with Crippen molar-refractivity contribution in [3.05, 3.63) is 32.9 Å². The number of anilines is 1. The van der Waals surface area contributed by atoms with Crippen LogP contribution >= 0.6 is 34.0 Å². The Kier molecular flexibility index (Phi) is 4.68. The van der Waals surface area contributed by atoms with Crippen LogP contribution in [0.3, 0.4) is 0 Å². The minimum atomic E-state index is -0.223. The van der Waals surface area contributed by atoms with Crippen LogP contribution in [0.5, 0.6) is 0 Å². The highest BCUT2D eigenvalue weighted by Gasteiger charge is 2.21. The smallest absolute Gasteiger partial charge is 0.276 e. The van der Waals surface area contributed by atoms with Crippen LogP contribution in [-0.2, 0) is 0 Å². The van der Waals surface area contributed by atoms with Crippen LogP contribution in [0.15, 0.2) is 22.2 Å². The van der Waals surface area contributed by atoms with Gasteiger partial charge in [0.15, 0.2) is 0 Å². The Bertz CT molecular complexity index is 818. The van der Waals surface area contributed by atoms with Gasteiger partial charge in [-0.25, -0.2) is 4.98 Å². The lowest BCUT2D eigenvalue weighted by Crippen LogP contribution is -2.12. The number of amides is 1. The summed E-state index contributed by atoms with van der Waals surface area (Å²) in [4.78, 5) is 16.8. The molecule has 3 aromatic rings. The van der Waals surface area contributed by atoms with E-state index in [1.165, 1.54) is 54.8 Å². The van der Waals surface area contributed by atoms with Crippen LogP contribution in [0.1, 0.15) is 53.5 Å². The summed E-state index contributed by atoms with van der Waals surface area (Å²) in [6, 6.07) is 2.01. The minimum Gasteiger partial charge on any atom is -0.295 e. The van der Waals surface area contributed by atoms with E-state index in [2.05, 4.69) is 20.5 Å². The van der Waals surface area contributed by atoms with E-state index in [0.717, 1.165) is 15.6 Å². The van der Waals surface area contributed by atoms with Gasteiger partial charge in [0.05, 0.1) is 0 Å². The predicted molar refractivity (Wildman–Crippen MR) is 99.1 cm³/mol. The van der Waals surface area contributed by atoms with Gasteiger partial charge in [-0.2, -0.15) is 11.3 Å². The van der Waals surface area contributed by atoms with Crippen molar-refractivity contribution in [2.75, 3.05) is 5.32 Å². The molecule has 5 nitrogen and oxygen atoms in total. The van der Waals surface area contributed by atoms with Gasteiger partial charge in [-0.3, -0.25) is 10.1 Å². The first-order valence-corrected chi connectivity index (χ1v) is 10.6. The van der Waals surface area contributed by atoms with Gasteiger partial charge in [0.1, 0.15) is 15.7 Å². The molecule has 0 unspecified atom stereocenters. The monoisotopic (exact) mass is 376 g/mol. The SMILES string of the molecule is O=C(Nc1nnc(C2CCCCC2)s1)c1csc(-c2ccsc2)n1. The van der Waals surface area contributed by atoms with E-state index < -0.39 is 0 Å². The fraction of sp³-hybridized carbons (Fsp3) is 0.375. The fourth-order valence-corrected chi connectivity index (χ4v) is 5.28. The largest absolute Gasteiger partial charge is 0.295 e. The van der Waals surface area contributed by atoms with E-state index in [9.17, 15) is 4.79 Å². The van der Waals surface area contributed by atoms with Crippen molar-refractivity contribution in [1.82, 2.24) is 15.2 Å². The standard InChI is InChI=1S/C16H16N4OS3/c21-13(12-9-23-14(17-12)11-6-7-22-8-11)18-16-20-19-15(24-16)10-4-2-1-3-5-10/h6-10H,1-5H2,(H,18,20,21). The van der Waals surface area contributed by atoms with E-state index in [4.69, 9.17) is 0 Å². The summed E-state index contributed by atoms with van der Waals surface area (Å²) >= 11 is 4.59. The molecule has 4 rings (SSSR count). The Morgan fingerprint density at radius 2 is 2.04 bits per heavy atom. The number of aromatic nitrogens is 3. The highest BCUT2D eigenvalue weighted by atomic mass is 32.1. The summed E-state index contributed by atoms with van der Waals surface area (Å²) < 4.78 is 0. The Hall–Kier alpha value is -1.64. The number of hydrogen-bond acceptors (Lipinski definition) is 7. The van der Waals surface area contributed by atoms with E-state index in [-0.39, 0.29) is 5.91 Å². The lowest BCUT2D eigenvalue weighted by molar-refractivity contribution is 0.102. The van der Waals surface area contributed by atoms with E-state index in [1.54, 1.807) is 16.7 Å². The van der Waals surface area contributed by atoms with Crippen LogP contribution in [-0.4, -0.2) is 21.1 Å². The normalized spacial score (nSPS) is 15.5. The van der Waals surface area contributed by atoms with Crippen LogP contribution in [0.25, 0.3) is 10.6 Å². The summed E-state index contributed by atoms with van der Waals surface area (Å²) in [6.07, 6.45) is 6.19. The summed E-state index contributed by atoms with van der Waals surface area (Å²) in [7, 11) is 0. The zero-order valence-corrected chi connectivity index (χ0v) is 15.3. The van der Waals surface area contributed by atoms with Crippen LogP contribution in [0.4, 0.5) is 5.13 Å². The molecule has 1 aliphatic rings. The Labute approximate surface area is 151 Å². The second-order valence-corrected chi connectivity index (χ2v) is 8.43. The lowest BCUT2D eigenvalue weighted by atomic mass is 9.90. The number of rotatable bonds is 4. The van der Waals surface area contributed by atoms with Crippen molar-refractivity contribution >= 4 is 45.0 Å². The molecule has 124 valence electrons. The van der Waals surface area contributed by atoms with Crippen molar-refractivity contribution in [3.8, 4) is 10.6 Å². The van der Waals surface area contributed by atoms with Gasteiger partial charge in [-0.1, -0.05) is 30.6 Å². The first kappa shape index (κ1) is 15.9.